The number of aromatic hydroxyl groups is 1. The molecule has 36 heavy (non-hydrogen) atoms. The van der Waals surface area contributed by atoms with Crippen LogP contribution in [0.2, 0.25) is 5.02 Å². The number of phenolic OH excluding ortho intramolecular Hbond substituents is 1. The quantitative estimate of drug-likeness (QED) is 0.585. The van der Waals surface area contributed by atoms with E-state index in [1.165, 1.54) is 12.8 Å². The van der Waals surface area contributed by atoms with Gasteiger partial charge in [0, 0.05) is 30.0 Å². The van der Waals surface area contributed by atoms with Gasteiger partial charge in [0.2, 0.25) is 0 Å². The normalized spacial score (nSPS) is 32.1. The number of benzene rings is 2. The van der Waals surface area contributed by atoms with Crippen LogP contribution < -0.4 is 4.74 Å². The van der Waals surface area contributed by atoms with Gasteiger partial charge < -0.3 is 14.6 Å². The van der Waals surface area contributed by atoms with E-state index < -0.39 is 17.1 Å². The van der Waals surface area contributed by atoms with E-state index in [4.69, 9.17) is 21.1 Å². The summed E-state index contributed by atoms with van der Waals surface area (Å²) in [7, 11) is 0. The standard InChI is InChI=1S/C29H30ClNO5/c30-20-7-3-17(4-8-20)5-10-24(34)36-29-12-11-22(33)27-28(29)13-14-31(16-18-1-2-18)23(29)15-19-6-9-21(32)26(35-27)25(19)28/h3-4,6-9,18,23,27,32H,1-2,5,10-16H2/t23?,27-,28-,29+/m0/s1. The molecule has 0 radical (unpaired) electrons. The molecule has 6 nitrogen and oxygen atoms in total. The number of halogens is 1. The van der Waals surface area contributed by atoms with Crippen LogP contribution in [0.5, 0.6) is 11.5 Å². The Hall–Kier alpha value is -2.57. The number of hydrogen-bond acceptors (Lipinski definition) is 6. The number of ketones is 1. The van der Waals surface area contributed by atoms with Crippen LogP contribution in [-0.2, 0) is 32.6 Å². The number of carbonyl (C=O) groups excluding carboxylic acids is 2. The van der Waals surface area contributed by atoms with E-state index in [1.807, 2.05) is 30.3 Å². The van der Waals surface area contributed by atoms with Crippen LogP contribution in [0.1, 0.15) is 55.2 Å². The van der Waals surface area contributed by atoms with Crippen molar-refractivity contribution in [1.82, 2.24) is 4.90 Å². The lowest BCUT2D eigenvalue weighted by molar-refractivity contribution is -0.216. The van der Waals surface area contributed by atoms with Crippen molar-refractivity contribution in [2.24, 2.45) is 5.92 Å². The second-order valence-corrected chi connectivity index (χ2v) is 11.7. The molecule has 7 rings (SSSR count). The number of likely N-dealkylation sites (tertiary alicyclic amines) is 1. The number of carbonyl (C=O) groups is 2. The fourth-order valence-corrected chi connectivity index (χ4v) is 7.72. The first-order chi connectivity index (χ1) is 17.4. The van der Waals surface area contributed by atoms with Crippen LogP contribution in [0.15, 0.2) is 36.4 Å². The lowest BCUT2D eigenvalue weighted by atomic mass is 9.48. The molecule has 0 amide bonds. The summed E-state index contributed by atoms with van der Waals surface area (Å²) < 4.78 is 12.9. The van der Waals surface area contributed by atoms with Crippen molar-refractivity contribution in [2.45, 2.75) is 74.5 Å². The SMILES string of the molecule is O=C(CCc1ccc(Cl)cc1)O[C@@]12CCC(=O)[C@@H]3Oc4c(O)ccc5c4[C@@]31CCN(CC1CC1)C2C5. The highest BCUT2D eigenvalue weighted by Gasteiger charge is 2.75. The third-order valence-corrected chi connectivity index (χ3v) is 9.60. The van der Waals surface area contributed by atoms with E-state index >= 15 is 0 Å². The Morgan fingerprint density at radius 2 is 1.97 bits per heavy atom. The van der Waals surface area contributed by atoms with Gasteiger partial charge in [-0.2, -0.15) is 0 Å². The van der Waals surface area contributed by atoms with Crippen molar-refractivity contribution in [2.75, 3.05) is 13.1 Å². The van der Waals surface area contributed by atoms with Gasteiger partial charge in [0.15, 0.2) is 23.4 Å². The monoisotopic (exact) mass is 507 g/mol. The second-order valence-electron chi connectivity index (χ2n) is 11.3. The maximum Gasteiger partial charge on any atom is 0.306 e. The van der Waals surface area contributed by atoms with Crippen LogP contribution in [-0.4, -0.2) is 52.6 Å². The van der Waals surface area contributed by atoms with Gasteiger partial charge in [-0.25, -0.2) is 0 Å². The van der Waals surface area contributed by atoms with Crippen LogP contribution in [0.25, 0.3) is 0 Å². The Kier molecular flexibility index (Phi) is 5.00. The predicted molar refractivity (Wildman–Crippen MR) is 133 cm³/mol. The van der Waals surface area contributed by atoms with Crippen molar-refractivity contribution >= 4 is 23.4 Å². The fraction of sp³-hybridized carbons (Fsp3) is 0.517. The fourth-order valence-electron chi connectivity index (χ4n) is 7.59. The zero-order chi connectivity index (χ0) is 24.7. The molecule has 3 aliphatic carbocycles. The highest BCUT2D eigenvalue weighted by Crippen LogP contribution is 2.66. The Labute approximate surface area is 215 Å². The third kappa shape index (κ3) is 3.13. The van der Waals surface area contributed by atoms with Gasteiger partial charge in [-0.05, 0) is 80.3 Å². The lowest BCUT2D eigenvalue weighted by Crippen LogP contribution is -2.77. The molecule has 2 aliphatic heterocycles. The molecular weight excluding hydrogens is 478 g/mol. The number of piperidine rings is 1. The van der Waals surface area contributed by atoms with E-state index in [9.17, 15) is 14.7 Å². The minimum absolute atomic E-state index is 0.00600. The first kappa shape index (κ1) is 22.6. The number of ether oxygens (including phenoxy) is 2. The van der Waals surface area contributed by atoms with Gasteiger partial charge in [-0.1, -0.05) is 29.8 Å². The summed E-state index contributed by atoms with van der Waals surface area (Å²) in [5, 5.41) is 11.4. The molecule has 1 N–H and O–H groups in total. The largest absolute Gasteiger partial charge is 0.504 e. The van der Waals surface area contributed by atoms with Crippen molar-refractivity contribution in [3.05, 3.63) is 58.1 Å². The minimum Gasteiger partial charge on any atom is -0.504 e. The summed E-state index contributed by atoms with van der Waals surface area (Å²) in [6.45, 7) is 1.84. The molecule has 2 aromatic carbocycles. The van der Waals surface area contributed by atoms with Crippen LogP contribution in [0.3, 0.4) is 0 Å². The zero-order valence-corrected chi connectivity index (χ0v) is 20.9. The Balaban J connectivity index is 1.29. The molecule has 0 aromatic heterocycles. The predicted octanol–water partition coefficient (Wildman–Crippen LogP) is 4.36. The minimum atomic E-state index is -0.845. The average Bonchev–Trinajstić information content (AvgIpc) is 3.61. The van der Waals surface area contributed by atoms with E-state index in [-0.39, 0.29) is 30.0 Å². The second kappa shape index (κ2) is 7.96. The Morgan fingerprint density at radius 1 is 1.17 bits per heavy atom. The molecule has 7 heteroatoms. The van der Waals surface area contributed by atoms with Crippen molar-refractivity contribution in [3.8, 4) is 11.5 Å². The summed E-state index contributed by atoms with van der Waals surface area (Å²) >= 11 is 6.02. The van der Waals surface area contributed by atoms with E-state index in [0.29, 0.717) is 42.4 Å². The van der Waals surface area contributed by atoms with Crippen molar-refractivity contribution in [3.63, 3.8) is 0 Å². The molecule has 2 saturated carbocycles. The summed E-state index contributed by atoms with van der Waals surface area (Å²) in [6.07, 6.45) is 4.83. The maximum atomic E-state index is 13.5. The summed E-state index contributed by atoms with van der Waals surface area (Å²) in [6, 6.07) is 11.2. The first-order valence-corrected chi connectivity index (χ1v) is 13.5. The smallest absolute Gasteiger partial charge is 0.306 e. The van der Waals surface area contributed by atoms with Crippen molar-refractivity contribution in [1.29, 1.82) is 0 Å². The molecule has 188 valence electrons. The molecule has 1 unspecified atom stereocenters. The number of nitrogens with zero attached hydrogens (tertiary/aromatic N) is 1. The summed E-state index contributed by atoms with van der Waals surface area (Å²) in [4.78, 5) is 29.3. The number of hydrogen-bond donors (Lipinski definition) is 1. The summed E-state index contributed by atoms with van der Waals surface area (Å²) in [5.41, 5.74) is 1.46. The van der Waals surface area contributed by atoms with Crippen LogP contribution >= 0.6 is 11.6 Å². The average molecular weight is 508 g/mol. The van der Waals surface area contributed by atoms with Gasteiger partial charge in [-0.15, -0.1) is 0 Å². The van der Waals surface area contributed by atoms with Crippen LogP contribution in [0.4, 0.5) is 0 Å². The molecule has 2 bridgehead atoms. The first-order valence-electron chi connectivity index (χ1n) is 13.2. The third-order valence-electron chi connectivity index (χ3n) is 9.35. The molecule has 5 aliphatic rings. The van der Waals surface area contributed by atoms with Gasteiger partial charge >= 0.3 is 5.97 Å². The number of rotatable bonds is 6. The topological polar surface area (TPSA) is 76.1 Å². The molecule has 3 fully saturated rings. The van der Waals surface area contributed by atoms with Gasteiger partial charge in [0.25, 0.3) is 0 Å². The van der Waals surface area contributed by atoms with Gasteiger partial charge in [0.1, 0.15) is 5.60 Å². The molecule has 4 atom stereocenters. The van der Waals surface area contributed by atoms with Gasteiger partial charge in [0.05, 0.1) is 11.5 Å². The molecular formula is C29H30ClNO5. The van der Waals surface area contributed by atoms with E-state index in [0.717, 1.165) is 36.2 Å². The molecule has 1 spiro atoms. The highest BCUT2D eigenvalue weighted by molar-refractivity contribution is 6.30. The number of Topliss-reactive ketones (excluding diaryl/α,β-unsaturated/α-hetero) is 1. The van der Waals surface area contributed by atoms with Gasteiger partial charge in [-0.3, -0.25) is 14.5 Å². The lowest BCUT2D eigenvalue weighted by Gasteiger charge is -2.63. The maximum absolute atomic E-state index is 13.5. The van der Waals surface area contributed by atoms with E-state index in [2.05, 4.69) is 4.90 Å². The number of esters is 1. The number of phenols is 1. The highest BCUT2D eigenvalue weighted by atomic mass is 35.5. The molecule has 2 aromatic rings. The zero-order valence-electron chi connectivity index (χ0n) is 20.2. The Bertz CT molecular complexity index is 1260. The number of aryl methyl sites for hydroxylation is 1. The van der Waals surface area contributed by atoms with Crippen molar-refractivity contribution < 1.29 is 24.2 Å². The van der Waals surface area contributed by atoms with E-state index in [1.54, 1.807) is 6.07 Å². The van der Waals surface area contributed by atoms with Crippen LogP contribution in [0, 0.1) is 5.92 Å². The Morgan fingerprint density at radius 3 is 2.75 bits per heavy atom. The molecule has 1 saturated heterocycles. The molecule has 2 heterocycles. The summed E-state index contributed by atoms with van der Waals surface area (Å²) in [5.74, 6) is 0.985.